The van der Waals surface area contributed by atoms with Gasteiger partial charge in [0.05, 0.1) is 11.6 Å². The molecule has 0 saturated heterocycles. The topological polar surface area (TPSA) is 35.2 Å². The number of ether oxygens (including phenoxy) is 1. The average Bonchev–Trinajstić information content (AvgIpc) is 2.39. The second-order valence-electron chi connectivity index (χ2n) is 3.81. The molecule has 0 heterocycles. The lowest BCUT2D eigenvalue weighted by Crippen LogP contribution is -2.00. The third kappa shape index (κ3) is 4.34. The van der Waals surface area contributed by atoms with Crippen LogP contribution in [0.15, 0.2) is 51.8 Å². The van der Waals surface area contributed by atoms with Crippen molar-refractivity contribution in [3.63, 3.8) is 0 Å². The van der Waals surface area contributed by atoms with E-state index in [1.54, 1.807) is 11.8 Å². The normalized spacial score (nSPS) is 10.4. The van der Waals surface area contributed by atoms with Gasteiger partial charge in [-0.3, -0.25) is 0 Å². The summed E-state index contributed by atoms with van der Waals surface area (Å²) < 4.78 is 6.68. The summed E-state index contributed by atoms with van der Waals surface area (Å²) in [5, 5.41) is 0.689. The molecule has 100 valence electrons. The van der Waals surface area contributed by atoms with Crippen molar-refractivity contribution in [3.8, 4) is 5.75 Å². The van der Waals surface area contributed by atoms with Gasteiger partial charge in [-0.05, 0) is 36.4 Å². The minimum atomic E-state index is 0.608. The van der Waals surface area contributed by atoms with E-state index >= 15 is 0 Å². The molecule has 2 aromatic carbocycles. The number of hydrogen-bond acceptors (Lipinski definition) is 3. The Kier molecular flexibility index (Phi) is 5.43. The van der Waals surface area contributed by atoms with Crippen LogP contribution in [0.4, 0.5) is 5.69 Å². The highest BCUT2D eigenvalue weighted by molar-refractivity contribution is 9.10. The maximum Gasteiger partial charge on any atom is 0.119 e. The van der Waals surface area contributed by atoms with E-state index in [-0.39, 0.29) is 0 Å². The molecule has 2 nitrogen and oxygen atoms in total. The van der Waals surface area contributed by atoms with E-state index in [1.165, 1.54) is 0 Å². The molecule has 0 bridgehead atoms. The van der Waals surface area contributed by atoms with E-state index in [4.69, 9.17) is 22.1 Å². The van der Waals surface area contributed by atoms with Gasteiger partial charge in [0.1, 0.15) is 5.75 Å². The van der Waals surface area contributed by atoms with Crippen molar-refractivity contribution < 1.29 is 4.74 Å². The van der Waals surface area contributed by atoms with E-state index < -0.39 is 0 Å². The quantitative estimate of drug-likeness (QED) is 0.471. The second-order valence-corrected chi connectivity index (χ2v) is 6.24. The molecule has 0 radical (unpaired) electrons. The summed E-state index contributed by atoms with van der Waals surface area (Å²) >= 11 is 11.1. The van der Waals surface area contributed by atoms with Crippen LogP contribution in [0.2, 0.25) is 5.02 Å². The molecule has 2 aromatic rings. The summed E-state index contributed by atoms with van der Waals surface area (Å²) in [6.07, 6.45) is 0. The second kappa shape index (κ2) is 7.08. The molecule has 5 heteroatoms. The summed E-state index contributed by atoms with van der Waals surface area (Å²) in [6, 6.07) is 13.3. The lowest BCUT2D eigenvalue weighted by atomic mass is 10.3. The van der Waals surface area contributed by atoms with Gasteiger partial charge in [-0.15, -0.1) is 11.8 Å². The van der Waals surface area contributed by atoms with Gasteiger partial charge in [-0.25, -0.2) is 0 Å². The van der Waals surface area contributed by atoms with Gasteiger partial charge in [-0.2, -0.15) is 0 Å². The van der Waals surface area contributed by atoms with Crippen molar-refractivity contribution in [1.29, 1.82) is 0 Å². The largest absolute Gasteiger partial charge is 0.493 e. The van der Waals surface area contributed by atoms with E-state index in [2.05, 4.69) is 15.9 Å². The van der Waals surface area contributed by atoms with Crippen LogP contribution in [0, 0.1) is 0 Å². The predicted octanol–water partition coefficient (Wildman–Crippen LogP) is 4.86. The first-order valence-electron chi connectivity index (χ1n) is 5.72. The number of nitrogens with two attached hydrogens (primary N) is 1. The molecular weight excluding hydrogens is 346 g/mol. The molecule has 0 amide bonds. The van der Waals surface area contributed by atoms with Crippen LogP contribution < -0.4 is 10.5 Å². The van der Waals surface area contributed by atoms with Crippen LogP contribution in [0.3, 0.4) is 0 Å². The molecule has 0 aliphatic rings. The highest BCUT2D eigenvalue weighted by Crippen LogP contribution is 2.32. The van der Waals surface area contributed by atoms with Gasteiger partial charge in [-0.1, -0.05) is 33.6 Å². The monoisotopic (exact) mass is 357 g/mol. The minimum absolute atomic E-state index is 0.608. The SMILES string of the molecule is Nc1cccc(Cl)c1SCCOc1ccc(Br)cc1. The van der Waals surface area contributed by atoms with Crippen LogP contribution in [0.25, 0.3) is 0 Å². The van der Waals surface area contributed by atoms with Gasteiger partial charge in [0.25, 0.3) is 0 Å². The third-order valence-electron chi connectivity index (χ3n) is 2.41. The van der Waals surface area contributed by atoms with Crippen LogP contribution >= 0.6 is 39.3 Å². The molecule has 0 aliphatic heterocycles. The minimum Gasteiger partial charge on any atom is -0.493 e. The number of rotatable bonds is 5. The zero-order valence-electron chi connectivity index (χ0n) is 10.1. The maximum absolute atomic E-state index is 6.10. The highest BCUT2D eigenvalue weighted by atomic mass is 79.9. The molecule has 2 rings (SSSR count). The predicted molar refractivity (Wildman–Crippen MR) is 86.2 cm³/mol. The lowest BCUT2D eigenvalue weighted by molar-refractivity contribution is 0.344. The van der Waals surface area contributed by atoms with Gasteiger partial charge in [0.15, 0.2) is 0 Å². The van der Waals surface area contributed by atoms with Crippen LogP contribution in [-0.4, -0.2) is 12.4 Å². The molecule has 0 aromatic heterocycles. The maximum atomic E-state index is 6.10. The Morgan fingerprint density at radius 3 is 2.58 bits per heavy atom. The number of hydrogen-bond donors (Lipinski definition) is 1. The fraction of sp³-hybridized carbons (Fsp3) is 0.143. The van der Waals surface area contributed by atoms with Crippen molar-refractivity contribution in [1.82, 2.24) is 0 Å². The molecule has 0 aliphatic carbocycles. The lowest BCUT2D eigenvalue weighted by Gasteiger charge is -2.09. The van der Waals surface area contributed by atoms with E-state index in [9.17, 15) is 0 Å². The van der Waals surface area contributed by atoms with E-state index in [0.717, 1.165) is 20.9 Å². The first-order chi connectivity index (χ1) is 9.16. The fourth-order valence-electron chi connectivity index (χ4n) is 1.51. The fourth-order valence-corrected chi connectivity index (χ4v) is 2.93. The Bertz CT molecular complexity index is 527. The first kappa shape index (κ1) is 14.6. The molecule has 0 unspecified atom stereocenters. The standard InChI is InChI=1S/C14H13BrClNOS/c15-10-4-6-11(7-5-10)18-8-9-19-14-12(16)2-1-3-13(14)17/h1-7H,8-9,17H2. The van der Waals surface area contributed by atoms with Crippen molar-refractivity contribution in [2.45, 2.75) is 4.90 Å². The summed E-state index contributed by atoms with van der Waals surface area (Å²) in [6.45, 7) is 0.608. The van der Waals surface area contributed by atoms with Crippen molar-refractivity contribution in [3.05, 3.63) is 52.0 Å². The Morgan fingerprint density at radius 2 is 1.89 bits per heavy atom. The van der Waals surface area contributed by atoms with E-state index in [1.807, 2.05) is 42.5 Å². The number of benzene rings is 2. The Morgan fingerprint density at radius 1 is 1.16 bits per heavy atom. The van der Waals surface area contributed by atoms with Gasteiger partial charge >= 0.3 is 0 Å². The number of halogens is 2. The van der Waals surface area contributed by atoms with Gasteiger partial charge in [0.2, 0.25) is 0 Å². The molecule has 19 heavy (non-hydrogen) atoms. The first-order valence-corrected chi connectivity index (χ1v) is 7.87. The van der Waals surface area contributed by atoms with Crippen molar-refractivity contribution in [2.24, 2.45) is 0 Å². The summed E-state index contributed by atoms with van der Waals surface area (Å²) in [4.78, 5) is 0.920. The zero-order valence-corrected chi connectivity index (χ0v) is 13.3. The average molecular weight is 359 g/mol. The summed E-state index contributed by atoms with van der Waals surface area (Å²) in [7, 11) is 0. The molecule has 0 fully saturated rings. The number of thioether (sulfide) groups is 1. The van der Waals surface area contributed by atoms with Gasteiger partial charge in [0, 0.05) is 20.8 Å². The summed E-state index contributed by atoms with van der Waals surface area (Å²) in [5.74, 6) is 1.65. The molecule has 0 spiro atoms. The van der Waals surface area contributed by atoms with Gasteiger partial charge < -0.3 is 10.5 Å². The highest BCUT2D eigenvalue weighted by Gasteiger charge is 2.04. The zero-order chi connectivity index (χ0) is 13.7. The van der Waals surface area contributed by atoms with Crippen molar-refractivity contribution in [2.75, 3.05) is 18.1 Å². The smallest absolute Gasteiger partial charge is 0.119 e. The van der Waals surface area contributed by atoms with Crippen LogP contribution in [-0.2, 0) is 0 Å². The Labute approximate surface area is 130 Å². The Balaban J connectivity index is 1.82. The van der Waals surface area contributed by atoms with Crippen LogP contribution in [0.1, 0.15) is 0 Å². The van der Waals surface area contributed by atoms with E-state index in [0.29, 0.717) is 17.3 Å². The third-order valence-corrected chi connectivity index (χ3v) is 4.48. The van der Waals surface area contributed by atoms with Crippen LogP contribution in [0.5, 0.6) is 5.75 Å². The Hall–Kier alpha value is -0.840. The summed E-state index contributed by atoms with van der Waals surface area (Å²) in [5.41, 5.74) is 6.59. The number of nitrogen functional groups attached to an aromatic ring is 1. The number of anilines is 1. The molecule has 0 atom stereocenters. The molecular formula is C14H13BrClNOS. The molecule has 0 saturated carbocycles. The van der Waals surface area contributed by atoms with Crippen molar-refractivity contribution >= 4 is 45.0 Å². The molecule has 2 N–H and O–H groups in total.